The lowest BCUT2D eigenvalue weighted by Crippen LogP contribution is -2.27. The molecule has 1 rings (SSSR count). The number of benzene rings is 1. The summed E-state index contributed by atoms with van der Waals surface area (Å²) in [6, 6.07) is 5.59. The maximum absolute atomic E-state index is 12.6. The Kier molecular flexibility index (Phi) is 7.02. The highest BCUT2D eigenvalue weighted by Gasteiger charge is 2.30. The minimum atomic E-state index is -4.27. The SMILES string of the molecule is CCC(CNCCOC)Cc1cccc(C(F)(F)F)c1. The van der Waals surface area contributed by atoms with Gasteiger partial charge < -0.3 is 10.1 Å². The van der Waals surface area contributed by atoms with E-state index in [1.165, 1.54) is 12.1 Å². The molecule has 20 heavy (non-hydrogen) atoms. The Morgan fingerprint density at radius 2 is 2.05 bits per heavy atom. The summed E-state index contributed by atoms with van der Waals surface area (Å²) in [5, 5.41) is 3.26. The lowest BCUT2D eigenvalue weighted by atomic mass is 9.95. The zero-order valence-electron chi connectivity index (χ0n) is 12.0. The van der Waals surface area contributed by atoms with E-state index in [4.69, 9.17) is 4.74 Å². The summed E-state index contributed by atoms with van der Waals surface area (Å²) in [4.78, 5) is 0. The quantitative estimate of drug-likeness (QED) is 0.739. The smallest absolute Gasteiger partial charge is 0.383 e. The van der Waals surface area contributed by atoms with Crippen LogP contribution in [-0.2, 0) is 17.3 Å². The van der Waals surface area contributed by atoms with Crippen LogP contribution in [0.1, 0.15) is 24.5 Å². The van der Waals surface area contributed by atoms with E-state index < -0.39 is 11.7 Å². The lowest BCUT2D eigenvalue weighted by molar-refractivity contribution is -0.137. The molecule has 0 heterocycles. The van der Waals surface area contributed by atoms with Crippen molar-refractivity contribution in [3.05, 3.63) is 35.4 Å². The third-order valence-electron chi connectivity index (χ3n) is 3.27. The van der Waals surface area contributed by atoms with Crippen molar-refractivity contribution in [2.75, 3.05) is 26.8 Å². The van der Waals surface area contributed by atoms with Gasteiger partial charge in [0.2, 0.25) is 0 Å². The van der Waals surface area contributed by atoms with Crippen molar-refractivity contribution in [1.29, 1.82) is 0 Å². The maximum atomic E-state index is 12.6. The molecule has 0 aliphatic carbocycles. The van der Waals surface area contributed by atoms with Gasteiger partial charge in [-0.2, -0.15) is 13.2 Å². The lowest BCUT2D eigenvalue weighted by Gasteiger charge is -2.16. The predicted octanol–water partition coefficient (Wildman–Crippen LogP) is 3.51. The summed E-state index contributed by atoms with van der Waals surface area (Å²) in [7, 11) is 1.64. The highest BCUT2D eigenvalue weighted by molar-refractivity contribution is 5.26. The third kappa shape index (κ3) is 5.92. The van der Waals surface area contributed by atoms with E-state index in [1.807, 2.05) is 0 Å². The number of hydrogen-bond acceptors (Lipinski definition) is 2. The molecule has 0 fully saturated rings. The Balaban J connectivity index is 2.56. The molecule has 5 heteroatoms. The first kappa shape index (κ1) is 17.0. The van der Waals surface area contributed by atoms with Gasteiger partial charge in [0.1, 0.15) is 0 Å². The Morgan fingerprint density at radius 3 is 2.65 bits per heavy atom. The van der Waals surface area contributed by atoms with E-state index in [2.05, 4.69) is 12.2 Å². The Morgan fingerprint density at radius 1 is 1.30 bits per heavy atom. The fourth-order valence-electron chi connectivity index (χ4n) is 2.05. The van der Waals surface area contributed by atoms with E-state index in [1.54, 1.807) is 13.2 Å². The molecule has 1 atom stereocenters. The second kappa shape index (κ2) is 8.27. The van der Waals surface area contributed by atoms with Crippen molar-refractivity contribution in [3.63, 3.8) is 0 Å². The van der Waals surface area contributed by atoms with Gasteiger partial charge in [-0.1, -0.05) is 31.5 Å². The van der Waals surface area contributed by atoms with E-state index in [0.717, 1.165) is 31.1 Å². The topological polar surface area (TPSA) is 21.3 Å². The monoisotopic (exact) mass is 289 g/mol. The molecule has 0 saturated carbocycles. The second-order valence-corrected chi connectivity index (χ2v) is 4.87. The van der Waals surface area contributed by atoms with Crippen LogP contribution >= 0.6 is 0 Å². The van der Waals surface area contributed by atoms with E-state index >= 15 is 0 Å². The van der Waals surface area contributed by atoms with Crippen LogP contribution < -0.4 is 5.32 Å². The van der Waals surface area contributed by atoms with Gasteiger partial charge in [-0.15, -0.1) is 0 Å². The number of alkyl halides is 3. The molecule has 1 N–H and O–H groups in total. The summed E-state index contributed by atoms with van der Waals surface area (Å²) in [6.45, 7) is 4.24. The van der Waals surface area contributed by atoms with Crippen LogP contribution in [0.2, 0.25) is 0 Å². The van der Waals surface area contributed by atoms with Crippen molar-refractivity contribution < 1.29 is 17.9 Å². The summed E-state index contributed by atoms with van der Waals surface area (Å²) in [5.74, 6) is 0.329. The van der Waals surface area contributed by atoms with Gasteiger partial charge >= 0.3 is 6.18 Å². The molecule has 114 valence electrons. The highest BCUT2D eigenvalue weighted by Crippen LogP contribution is 2.30. The van der Waals surface area contributed by atoms with Gasteiger partial charge in [-0.05, 0) is 30.5 Å². The van der Waals surface area contributed by atoms with E-state index in [9.17, 15) is 13.2 Å². The van der Waals surface area contributed by atoms with Crippen LogP contribution in [0.25, 0.3) is 0 Å². The molecule has 0 bridgehead atoms. The standard InChI is InChI=1S/C15H22F3NO/c1-3-12(11-19-7-8-20-2)9-13-5-4-6-14(10-13)15(16,17)18/h4-6,10,12,19H,3,7-9,11H2,1-2H3. The van der Waals surface area contributed by atoms with Crippen LogP contribution in [0.4, 0.5) is 13.2 Å². The third-order valence-corrected chi connectivity index (χ3v) is 3.27. The fourth-order valence-corrected chi connectivity index (χ4v) is 2.05. The Labute approximate surface area is 118 Å². The van der Waals surface area contributed by atoms with Crippen LogP contribution in [0.5, 0.6) is 0 Å². The normalized spacial score (nSPS) is 13.4. The zero-order chi connectivity index (χ0) is 15.0. The van der Waals surface area contributed by atoms with Crippen molar-refractivity contribution in [1.82, 2.24) is 5.32 Å². The van der Waals surface area contributed by atoms with Crippen molar-refractivity contribution in [2.24, 2.45) is 5.92 Å². The minimum absolute atomic E-state index is 0.329. The predicted molar refractivity (Wildman–Crippen MR) is 73.7 cm³/mol. The molecule has 0 aliphatic rings. The minimum Gasteiger partial charge on any atom is -0.383 e. The Bertz CT molecular complexity index is 393. The zero-order valence-corrected chi connectivity index (χ0v) is 12.0. The molecule has 2 nitrogen and oxygen atoms in total. The van der Waals surface area contributed by atoms with Gasteiger partial charge in [0.05, 0.1) is 12.2 Å². The van der Waals surface area contributed by atoms with Gasteiger partial charge in [0, 0.05) is 13.7 Å². The van der Waals surface area contributed by atoms with Crippen LogP contribution in [-0.4, -0.2) is 26.8 Å². The number of methoxy groups -OCH3 is 1. The number of halogens is 3. The number of rotatable bonds is 8. The molecular weight excluding hydrogens is 267 g/mol. The average Bonchev–Trinajstić information content (AvgIpc) is 2.41. The molecular formula is C15H22F3NO. The molecule has 0 aliphatic heterocycles. The van der Waals surface area contributed by atoms with Crippen molar-refractivity contribution in [2.45, 2.75) is 25.9 Å². The first-order chi connectivity index (χ1) is 9.47. The van der Waals surface area contributed by atoms with Crippen molar-refractivity contribution in [3.8, 4) is 0 Å². The number of nitrogens with one attached hydrogen (secondary N) is 1. The van der Waals surface area contributed by atoms with Crippen LogP contribution in [0, 0.1) is 5.92 Å². The molecule has 0 radical (unpaired) electrons. The number of hydrogen-bond donors (Lipinski definition) is 1. The van der Waals surface area contributed by atoms with Gasteiger partial charge in [0.15, 0.2) is 0 Å². The average molecular weight is 289 g/mol. The largest absolute Gasteiger partial charge is 0.416 e. The summed E-state index contributed by atoms with van der Waals surface area (Å²) >= 11 is 0. The van der Waals surface area contributed by atoms with E-state index in [0.29, 0.717) is 18.9 Å². The molecule has 0 spiro atoms. The van der Waals surface area contributed by atoms with E-state index in [-0.39, 0.29) is 0 Å². The molecule has 0 saturated heterocycles. The van der Waals surface area contributed by atoms with Crippen molar-refractivity contribution >= 4 is 0 Å². The highest BCUT2D eigenvalue weighted by atomic mass is 19.4. The van der Waals surface area contributed by atoms with Crippen LogP contribution in [0.3, 0.4) is 0 Å². The second-order valence-electron chi connectivity index (χ2n) is 4.87. The fraction of sp³-hybridized carbons (Fsp3) is 0.600. The number of ether oxygens (including phenoxy) is 1. The molecule has 0 aromatic heterocycles. The molecule has 1 unspecified atom stereocenters. The first-order valence-electron chi connectivity index (χ1n) is 6.83. The molecule has 0 amide bonds. The maximum Gasteiger partial charge on any atom is 0.416 e. The van der Waals surface area contributed by atoms with Crippen LogP contribution in [0.15, 0.2) is 24.3 Å². The van der Waals surface area contributed by atoms with Gasteiger partial charge in [0.25, 0.3) is 0 Å². The molecule has 1 aromatic rings. The summed E-state index contributed by atoms with van der Waals surface area (Å²) in [5.41, 5.74) is 0.164. The Hall–Kier alpha value is -1.07. The first-order valence-corrected chi connectivity index (χ1v) is 6.83. The molecule has 1 aromatic carbocycles. The summed E-state index contributed by atoms with van der Waals surface area (Å²) < 4.78 is 42.9. The summed E-state index contributed by atoms with van der Waals surface area (Å²) in [6.07, 6.45) is -2.69. The van der Waals surface area contributed by atoms with Gasteiger partial charge in [-0.25, -0.2) is 0 Å². The van der Waals surface area contributed by atoms with Gasteiger partial charge in [-0.3, -0.25) is 0 Å².